The molecule has 6 aromatic carbocycles. The smallest absolute Gasteiger partial charge is 0.0579 e. The van der Waals surface area contributed by atoms with Crippen LogP contribution in [0, 0.1) is 13.8 Å². The Morgan fingerprint density at radius 3 is 1.31 bits per heavy atom. The molecule has 0 saturated carbocycles. The third-order valence-corrected chi connectivity index (χ3v) is 5.52. The van der Waals surface area contributed by atoms with E-state index in [1.54, 1.807) is 0 Å². The molecule has 0 aliphatic rings. The maximum Gasteiger partial charge on any atom is -0.0579 e. The molecular formula is C30H28SiTi. The Kier molecular flexibility index (Phi) is 7.11. The van der Waals surface area contributed by atoms with Crippen LogP contribution >= 0.6 is 0 Å². The maximum atomic E-state index is 2.27. The van der Waals surface area contributed by atoms with Crippen LogP contribution in [0.4, 0.5) is 0 Å². The standard InChI is InChI=1S/2C14H11.C2H6Si.Ti/c2*1-10-8-12-7-6-11-4-2-3-5-13(11)14(12)9-10;1-3-2;/h2*2-9H,1H3;1-2H3;/q2*-1;;+2. The van der Waals surface area contributed by atoms with Gasteiger partial charge in [0.05, 0.1) is 0 Å². The van der Waals surface area contributed by atoms with E-state index in [9.17, 15) is 0 Å². The average molecular weight is 465 g/mol. The van der Waals surface area contributed by atoms with E-state index in [2.05, 4.69) is 143 Å². The molecule has 0 bridgehead atoms. The molecule has 0 heterocycles. The number of hydrogen-bond donors (Lipinski definition) is 0. The summed E-state index contributed by atoms with van der Waals surface area (Å²) in [6, 6.07) is 34.9. The molecule has 32 heavy (non-hydrogen) atoms. The predicted octanol–water partition coefficient (Wildman–Crippen LogP) is 8.82. The van der Waals surface area contributed by atoms with E-state index in [-0.39, 0.29) is 6.19 Å². The third kappa shape index (κ3) is 5.13. The second-order valence-corrected chi connectivity index (χ2v) is 15.3. The molecule has 0 saturated heterocycles. The molecule has 0 nitrogen and oxygen atoms in total. The van der Waals surface area contributed by atoms with Crippen LogP contribution < -0.4 is 0 Å². The van der Waals surface area contributed by atoms with E-state index in [0.29, 0.717) is 0 Å². The van der Waals surface area contributed by atoms with Crippen LogP contribution in [0.3, 0.4) is 0 Å². The van der Waals surface area contributed by atoms with Crippen molar-refractivity contribution in [2.75, 3.05) is 0 Å². The molecule has 6 rings (SSSR count). The normalized spacial score (nSPS) is 10.7. The van der Waals surface area contributed by atoms with E-state index in [0.717, 1.165) is 0 Å². The van der Waals surface area contributed by atoms with Gasteiger partial charge >= 0.3 is 38.5 Å². The topological polar surface area (TPSA) is 0 Å². The van der Waals surface area contributed by atoms with Gasteiger partial charge in [-0.25, -0.2) is 0 Å². The van der Waals surface area contributed by atoms with Crippen molar-refractivity contribution < 1.29 is 19.2 Å². The first-order chi connectivity index (χ1) is 15.4. The van der Waals surface area contributed by atoms with Gasteiger partial charge < -0.3 is 0 Å². The molecule has 0 N–H and O–H groups in total. The van der Waals surface area contributed by atoms with Gasteiger partial charge in [-0.15, -0.1) is 56.9 Å². The summed E-state index contributed by atoms with van der Waals surface area (Å²) in [5.41, 5.74) is 2.69. The van der Waals surface area contributed by atoms with Crippen LogP contribution in [0.2, 0.25) is 13.1 Å². The molecule has 156 valence electrons. The summed E-state index contributed by atoms with van der Waals surface area (Å²) in [5, 5.41) is 10.8. The van der Waals surface area contributed by atoms with E-state index in [4.69, 9.17) is 0 Å². The number of aryl methyl sites for hydroxylation is 2. The monoisotopic (exact) mass is 464 g/mol. The molecule has 0 atom stereocenters. The molecule has 2 heteroatoms. The average Bonchev–Trinajstić information content (AvgIpc) is 3.35. The Morgan fingerprint density at radius 1 is 0.562 bits per heavy atom. The molecular weight excluding hydrogens is 436 g/mol. The molecule has 0 spiro atoms. The zero-order valence-electron chi connectivity index (χ0n) is 19.2. The van der Waals surface area contributed by atoms with Gasteiger partial charge in [-0.2, -0.15) is 12.1 Å². The summed E-state index contributed by atoms with van der Waals surface area (Å²) in [4.78, 5) is 0. The molecule has 0 amide bonds. The number of hydrogen-bond acceptors (Lipinski definition) is 0. The Hall–Kier alpha value is -2.45. The van der Waals surface area contributed by atoms with Gasteiger partial charge in [0, 0.05) is 0 Å². The van der Waals surface area contributed by atoms with Crippen LogP contribution in [0.5, 0.6) is 0 Å². The number of benzene rings is 4. The summed E-state index contributed by atoms with van der Waals surface area (Å²) < 4.78 is 0. The van der Waals surface area contributed by atoms with Crippen LogP contribution in [0.25, 0.3) is 43.1 Å². The van der Waals surface area contributed by atoms with Crippen molar-refractivity contribution in [1.82, 2.24) is 0 Å². The second-order valence-electron chi connectivity index (χ2n) is 8.64. The fraction of sp³-hybridized carbons (Fsp3) is 0.133. The second kappa shape index (κ2) is 10.0. The Labute approximate surface area is 202 Å². The minimum absolute atomic E-state index is 0.120. The molecule has 6 aromatic rings. The van der Waals surface area contributed by atoms with E-state index < -0.39 is 0 Å². The minimum Gasteiger partial charge on any atom is -0.165 e. The van der Waals surface area contributed by atoms with Crippen molar-refractivity contribution >= 4 is 49.3 Å². The maximum absolute atomic E-state index is 2.27. The Balaban J connectivity index is 0.000000132. The molecule has 0 aromatic heterocycles. The summed E-state index contributed by atoms with van der Waals surface area (Å²) >= 11 is 2.27. The van der Waals surface area contributed by atoms with Crippen molar-refractivity contribution in [3.8, 4) is 0 Å². The summed E-state index contributed by atoms with van der Waals surface area (Å²) in [6.45, 7) is 8.83. The number of fused-ring (bicyclic) bond motifs is 6. The quantitative estimate of drug-likeness (QED) is 0.156. The summed E-state index contributed by atoms with van der Waals surface area (Å²) in [5.74, 6) is 0. The zero-order chi connectivity index (χ0) is 22.7. The van der Waals surface area contributed by atoms with Gasteiger partial charge in [0.2, 0.25) is 0 Å². The SMILES string of the molecule is C[Si](C)=[Ti+2].Cc1cc2ccc3ccccc3c2[cH-]1.Cc1cc2ccc3ccccc3c2[cH-]1. The van der Waals surface area contributed by atoms with Crippen molar-refractivity contribution in [2.24, 2.45) is 0 Å². The largest absolute Gasteiger partial charge is 0.165 e. The van der Waals surface area contributed by atoms with E-state index in [1.165, 1.54) is 54.2 Å². The molecule has 0 unspecified atom stereocenters. The van der Waals surface area contributed by atoms with Crippen LogP contribution in [0.15, 0.2) is 97.1 Å². The Morgan fingerprint density at radius 2 is 0.906 bits per heavy atom. The number of rotatable bonds is 0. The minimum atomic E-state index is 0.120. The zero-order valence-corrected chi connectivity index (χ0v) is 21.8. The van der Waals surface area contributed by atoms with Crippen molar-refractivity contribution in [3.05, 3.63) is 108 Å². The van der Waals surface area contributed by atoms with Gasteiger partial charge in [-0.3, -0.25) is 0 Å². The van der Waals surface area contributed by atoms with Crippen molar-refractivity contribution in [3.63, 3.8) is 0 Å². The molecule has 0 radical (unpaired) electrons. The summed E-state index contributed by atoms with van der Waals surface area (Å²) in [6.07, 6.45) is 0.120. The predicted molar refractivity (Wildman–Crippen MR) is 141 cm³/mol. The molecule has 0 aliphatic carbocycles. The van der Waals surface area contributed by atoms with E-state index in [1.807, 2.05) is 0 Å². The van der Waals surface area contributed by atoms with Gasteiger partial charge in [0.25, 0.3) is 0 Å². The van der Waals surface area contributed by atoms with Gasteiger partial charge in [-0.1, -0.05) is 96.1 Å². The first kappa shape index (κ1) is 22.7. The van der Waals surface area contributed by atoms with Gasteiger partial charge in [0.15, 0.2) is 0 Å². The molecule has 0 aliphatic heterocycles. The first-order valence-corrected chi connectivity index (χ1v) is 15.9. The fourth-order valence-electron chi connectivity index (χ4n) is 4.23. The Bertz CT molecular complexity index is 1420. The fourth-order valence-corrected chi connectivity index (χ4v) is 4.23. The van der Waals surface area contributed by atoms with E-state index >= 15 is 0 Å². The third-order valence-electron chi connectivity index (χ3n) is 5.52. The van der Waals surface area contributed by atoms with Crippen molar-refractivity contribution in [2.45, 2.75) is 26.9 Å². The first-order valence-electron chi connectivity index (χ1n) is 11.0. The van der Waals surface area contributed by atoms with Crippen molar-refractivity contribution in [1.29, 1.82) is 0 Å². The van der Waals surface area contributed by atoms with Crippen LogP contribution in [-0.2, 0) is 19.2 Å². The van der Waals surface area contributed by atoms with Crippen LogP contribution in [0.1, 0.15) is 11.1 Å². The molecule has 0 fully saturated rings. The van der Waals surface area contributed by atoms with Crippen LogP contribution in [-0.4, -0.2) is 6.19 Å². The van der Waals surface area contributed by atoms with Gasteiger partial charge in [-0.05, 0) is 0 Å². The summed E-state index contributed by atoms with van der Waals surface area (Å²) in [7, 11) is 0. The van der Waals surface area contributed by atoms with Gasteiger partial charge in [0.1, 0.15) is 0 Å².